The number of rotatable bonds is 1. The van der Waals surface area contributed by atoms with Gasteiger partial charge in [0.15, 0.2) is 5.82 Å². The molecule has 5 heteroatoms. The van der Waals surface area contributed by atoms with Crippen LogP contribution in [0.5, 0.6) is 0 Å². The van der Waals surface area contributed by atoms with Crippen molar-refractivity contribution in [1.29, 1.82) is 0 Å². The van der Waals surface area contributed by atoms with Gasteiger partial charge >= 0.3 is 0 Å². The van der Waals surface area contributed by atoms with Crippen molar-refractivity contribution in [2.75, 3.05) is 4.90 Å². The monoisotopic (exact) mass is 275 g/mol. The molecular formula is C14H17N3OS. The van der Waals surface area contributed by atoms with Crippen molar-refractivity contribution in [3.63, 3.8) is 0 Å². The van der Waals surface area contributed by atoms with Crippen LogP contribution in [0.2, 0.25) is 0 Å². The number of hydrogen-bond donors (Lipinski definition) is 1. The van der Waals surface area contributed by atoms with Crippen LogP contribution in [-0.4, -0.2) is 33.3 Å². The van der Waals surface area contributed by atoms with Crippen molar-refractivity contribution in [3.05, 3.63) is 17.3 Å². The number of fused-ring (bicyclic) bond motifs is 3. The van der Waals surface area contributed by atoms with E-state index in [2.05, 4.69) is 27.2 Å². The van der Waals surface area contributed by atoms with Crippen molar-refractivity contribution < 1.29 is 5.11 Å². The summed E-state index contributed by atoms with van der Waals surface area (Å²) in [6, 6.07) is 0.906. The highest BCUT2D eigenvalue weighted by Crippen LogP contribution is 2.42. The van der Waals surface area contributed by atoms with E-state index >= 15 is 0 Å². The minimum atomic E-state index is -0.129. The fourth-order valence-electron chi connectivity index (χ4n) is 3.64. The number of thiophene rings is 1. The van der Waals surface area contributed by atoms with Crippen molar-refractivity contribution in [3.8, 4) is 0 Å². The van der Waals surface area contributed by atoms with Gasteiger partial charge in [0.2, 0.25) is 0 Å². The summed E-state index contributed by atoms with van der Waals surface area (Å²) < 4.78 is 1.20. The molecule has 0 radical (unpaired) electrons. The van der Waals surface area contributed by atoms with Crippen LogP contribution < -0.4 is 4.90 Å². The van der Waals surface area contributed by atoms with Crippen molar-refractivity contribution >= 4 is 27.4 Å². The number of anilines is 1. The van der Waals surface area contributed by atoms with Gasteiger partial charge in [-0.05, 0) is 43.6 Å². The predicted molar refractivity (Wildman–Crippen MR) is 76.7 cm³/mol. The van der Waals surface area contributed by atoms with Crippen molar-refractivity contribution in [2.45, 2.75) is 50.8 Å². The standard InChI is InChI=1S/C14H17N3OS/c1-8-6-19-13-12(8)15-7-16-14(13)17-9-2-3-10(17)5-11(18)4-9/h6-7,9-11,18H,2-5H2,1H3. The number of aliphatic hydroxyl groups excluding tert-OH is 1. The summed E-state index contributed by atoms with van der Waals surface area (Å²) in [6.07, 6.45) is 5.67. The summed E-state index contributed by atoms with van der Waals surface area (Å²) >= 11 is 1.74. The van der Waals surface area contributed by atoms with E-state index in [4.69, 9.17) is 0 Å². The van der Waals surface area contributed by atoms with E-state index < -0.39 is 0 Å². The third-order valence-corrected chi connectivity index (χ3v) is 5.55. The summed E-state index contributed by atoms with van der Waals surface area (Å²) in [5.41, 5.74) is 2.31. The molecule has 0 saturated carbocycles. The zero-order valence-electron chi connectivity index (χ0n) is 10.9. The van der Waals surface area contributed by atoms with Gasteiger partial charge < -0.3 is 10.0 Å². The molecule has 0 amide bonds. The van der Waals surface area contributed by atoms with Crippen molar-refractivity contribution in [1.82, 2.24) is 9.97 Å². The van der Waals surface area contributed by atoms with Gasteiger partial charge in [-0.15, -0.1) is 11.3 Å². The summed E-state index contributed by atoms with van der Waals surface area (Å²) in [6.45, 7) is 2.10. The highest BCUT2D eigenvalue weighted by Gasteiger charge is 2.41. The van der Waals surface area contributed by atoms with Crippen LogP contribution in [0.4, 0.5) is 5.82 Å². The van der Waals surface area contributed by atoms with Gasteiger partial charge in [-0.3, -0.25) is 0 Å². The predicted octanol–water partition coefficient (Wildman–Crippen LogP) is 2.49. The first-order valence-corrected chi connectivity index (χ1v) is 7.77. The number of nitrogens with zero attached hydrogens (tertiary/aromatic N) is 3. The Morgan fingerprint density at radius 2 is 2.00 bits per heavy atom. The number of aromatic nitrogens is 2. The zero-order valence-corrected chi connectivity index (χ0v) is 11.7. The Labute approximate surface area is 116 Å². The first-order chi connectivity index (χ1) is 9.24. The van der Waals surface area contributed by atoms with Crippen LogP contribution in [0.15, 0.2) is 11.7 Å². The van der Waals surface area contributed by atoms with Gasteiger partial charge in [0.1, 0.15) is 6.33 Å². The Bertz CT molecular complexity index is 612. The Hall–Kier alpha value is -1.20. The number of piperidine rings is 1. The molecule has 2 unspecified atom stereocenters. The summed E-state index contributed by atoms with van der Waals surface area (Å²) in [4.78, 5) is 11.4. The average molecular weight is 275 g/mol. The Balaban J connectivity index is 1.83. The van der Waals surface area contributed by atoms with Crippen LogP contribution in [-0.2, 0) is 0 Å². The van der Waals surface area contributed by atoms with Gasteiger partial charge in [-0.2, -0.15) is 0 Å². The number of hydrogen-bond acceptors (Lipinski definition) is 5. The second-order valence-electron chi connectivity index (χ2n) is 5.71. The van der Waals surface area contributed by atoms with Gasteiger partial charge in [-0.1, -0.05) is 0 Å². The highest BCUT2D eigenvalue weighted by molar-refractivity contribution is 7.18. The SMILES string of the molecule is Cc1csc2c(N3C4CCC3CC(O)C4)ncnc12. The minimum Gasteiger partial charge on any atom is -0.393 e. The lowest BCUT2D eigenvalue weighted by molar-refractivity contribution is 0.126. The van der Waals surface area contributed by atoms with Crippen LogP contribution >= 0.6 is 11.3 Å². The molecule has 100 valence electrons. The molecule has 0 aliphatic carbocycles. The highest BCUT2D eigenvalue weighted by atomic mass is 32.1. The van der Waals surface area contributed by atoms with E-state index in [9.17, 15) is 5.11 Å². The molecule has 2 aromatic rings. The molecule has 1 N–H and O–H groups in total. The molecule has 2 fully saturated rings. The summed E-state index contributed by atoms with van der Waals surface area (Å²) in [7, 11) is 0. The van der Waals surface area contributed by atoms with Gasteiger partial charge in [0, 0.05) is 12.1 Å². The first-order valence-electron chi connectivity index (χ1n) is 6.89. The number of aryl methyl sites for hydroxylation is 1. The molecule has 0 aromatic carbocycles. The van der Waals surface area contributed by atoms with Crippen LogP contribution in [0.1, 0.15) is 31.2 Å². The summed E-state index contributed by atoms with van der Waals surface area (Å²) in [5, 5.41) is 12.1. The normalized spacial score (nSPS) is 30.2. The molecule has 4 nitrogen and oxygen atoms in total. The van der Waals surface area contributed by atoms with E-state index in [0.29, 0.717) is 12.1 Å². The lowest BCUT2D eigenvalue weighted by atomic mass is 10.00. The third kappa shape index (κ3) is 1.68. The molecule has 2 aliphatic heterocycles. The molecule has 4 rings (SSSR count). The fraction of sp³-hybridized carbons (Fsp3) is 0.571. The molecule has 19 heavy (non-hydrogen) atoms. The molecule has 2 aliphatic rings. The smallest absolute Gasteiger partial charge is 0.150 e. The van der Waals surface area contributed by atoms with E-state index in [1.807, 2.05) is 0 Å². The van der Waals surface area contributed by atoms with Crippen molar-refractivity contribution in [2.24, 2.45) is 0 Å². The van der Waals surface area contributed by atoms with E-state index in [-0.39, 0.29) is 6.10 Å². The topological polar surface area (TPSA) is 49.2 Å². The fourth-order valence-corrected chi connectivity index (χ4v) is 4.63. The molecule has 2 atom stereocenters. The maximum atomic E-state index is 9.92. The third-order valence-electron chi connectivity index (χ3n) is 4.46. The summed E-state index contributed by atoms with van der Waals surface area (Å²) in [5.74, 6) is 1.09. The largest absolute Gasteiger partial charge is 0.393 e. The van der Waals surface area contributed by atoms with Crippen LogP contribution in [0, 0.1) is 6.92 Å². The Kier molecular flexibility index (Phi) is 2.53. The van der Waals surface area contributed by atoms with Crippen LogP contribution in [0.25, 0.3) is 10.2 Å². The quantitative estimate of drug-likeness (QED) is 0.868. The first kappa shape index (κ1) is 11.6. The molecule has 2 aromatic heterocycles. The molecule has 2 saturated heterocycles. The zero-order chi connectivity index (χ0) is 13.0. The van der Waals surface area contributed by atoms with Gasteiger partial charge in [-0.25, -0.2) is 9.97 Å². The lowest BCUT2D eigenvalue weighted by Crippen LogP contribution is -2.45. The van der Waals surface area contributed by atoms with Gasteiger partial charge in [0.05, 0.1) is 16.3 Å². The Morgan fingerprint density at radius 1 is 1.26 bits per heavy atom. The maximum Gasteiger partial charge on any atom is 0.150 e. The number of aliphatic hydroxyl groups is 1. The molecular weight excluding hydrogens is 258 g/mol. The van der Waals surface area contributed by atoms with Crippen LogP contribution in [0.3, 0.4) is 0 Å². The molecule has 4 heterocycles. The van der Waals surface area contributed by atoms with E-state index in [0.717, 1.165) is 24.2 Å². The molecule has 2 bridgehead atoms. The van der Waals surface area contributed by atoms with Gasteiger partial charge in [0.25, 0.3) is 0 Å². The Morgan fingerprint density at radius 3 is 2.74 bits per heavy atom. The second kappa shape index (κ2) is 4.15. The maximum absolute atomic E-state index is 9.92. The minimum absolute atomic E-state index is 0.129. The van der Waals surface area contributed by atoms with E-state index in [1.165, 1.54) is 23.1 Å². The average Bonchev–Trinajstić information content (AvgIpc) is 2.89. The second-order valence-corrected chi connectivity index (χ2v) is 6.59. The molecule has 0 spiro atoms. The van der Waals surface area contributed by atoms with E-state index in [1.54, 1.807) is 17.7 Å². The lowest BCUT2D eigenvalue weighted by Gasteiger charge is -2.38.